The van der Waals surface area contributed by atoms with Crippen molar-refractivity contribution in [2.24, 2.45) is 22.1 Å². The fourth-order valence-electron chi connectivity index (χ4n) is 1.12. The number of aryl methyl sites for hydroxylation is 1. The Labute approximate surface area is 153 Å². The molecule has 0 saturated heterocycles. The van der Waals surface area contributed by atoms with E-state index in [1.807, 2.05) is 40.1 Å². The van der Waals surface area contributed by atoms with E-state index >= 15 is 0 Å². The molecule has 0 aliphatic rings. The Morgan fingerprint density at radius 1 is 0.960 bits per heavy atom. The first-order chi connectivity index (χ1) is 11.7. The van der Waals surface area contributed by atoms with E-state index in [-0.39, 0.29) is 0 Å². The molecule has 0 saturated carbocycles. The molecular formula is C19H36N4O2. The summed E-state index contributed by atoms with van der Waals surface area (Å²) in [6.07, 6.45) is 7.23. The molecule has 0 spiro atoms. The summed E-state index contributed by atoms with van der Waals surface area (Å²) in [6, 6.07) is 0. The summed E-state index contributed by atoms with van der Waals surface area (Å²) in [6.45, 7) is 16.9. The third-order valence-electron chi connectivity index (χ3n) is 2.34. The van der Waals surface area contributed by atoms with Gasteiger partial charge in [0, 0.05) is 30.7 Å². The zero-order valence-electron chi connectivity index (χ0n) is 17.4. The zero-order chi connectivity index (χ0) is 19.7. The lowest BCUT2D eigenvalue weighted by atomic mass is 10.2. The second kappa shape index (κ2) is 16.9. The van der Waals surface area contributed by atoms with E-state index in [1.54, 1.807) is 19.5 Å². The Hall–Kier alpha value is -1.98. The van der Waals surface area contributed by atoms with Gasteiger partial charge in [0.05, 0.1) is 0 Å². The molecule has 1 aromatic heterocycles. The Morgan fingerprint density at radius 2 is 1.44 bits per heavy atom. The summed E-state index contributed by atoms with van der Waals surface area (Å²) in [4.78, 5) is 17.5. The minimum absolute atomic E-state index is 0.431. The topological polar surface area (TPSA) is 69.0 Å². The maximum absolute atomic E-state index is 4.71. The van der Waals surface area contributed by atoms with Crippen molar-refractivity contribution in [1.29, 1.82) is 0 Å². The predicted octanol–water partition coefficient (Wildman–Crippen LogP) is 4.85. The van der Waals surface area contributed by atoms with Gasteiger partial charge in [-0.1, -0.05) is 51.9 Å². The molecule has 6 nitrogen and oxygen atoms in total. The van der Waals surface area contributed by atoms with Gasteiger partial charge in [0.15, 0.2) is 0 Å². The van der Waals surface area contributed by atoms with Crippen LogP contribution in [-0.4, -0.2) is 36.1 Å². The van der Waals surface area contributed by atoms with Gasteiger partial charge in [-0.15, -0.1) is 0 Å². The Kier molecular flexibility index (Phi) is 17.0. The lowest BCUT2D eigenvalue weighted by molar-refractivity contribution is 0.159. The van der Waals surface area contributed by atoms with Crippen LogP contribution in [0.3, 0.4) is 0 Å². The monoisotopic (exact) mass is 352 g/mol. The fourth-order valence-corrected chi connectivity index (χ4v) is 1.12. The van der Waals surface area contributed by atoms with Crippen LogP contribution >= 0.6 is 0 Å². The fraction of sp³-hybridized carbons (Fsp3) is 0.684. The number of hydrogen-bond acceptors (Lipinski definition) is 6. The second-order valence-corrected chi connectivity index (χ2v) is 6.37. The van der Waals surface area contributed by atoms with Crippen molar-refractivity contribution in [2.45, 2.75) is 61.3 Å². The molecule has 1 heterocycles. The van der Waals surface area contributed by atoms with Crippen molar-refractivity contribution in [1.82, 2.24) is 9.97 Å². The summed E-state index contributed by atoms with van der Waals surface area (Å²) in [5.41, 5.74) is 1.12. The highest BCUT2D eigenvalue weighted by molar-refractivity contribution is 5.58. The minimum atomic E-state index is 0.431. The van der Waals surface area contributed by atoms with Gasteiger partial charge in [-0.05, 0) is 31.2 Å². The van der Waals surface area contributed by atoms with Crippen molar-refractivity contribution >= 4 is 12.4 Å². The van der Waals surface area contributed by atoms with Crippen LogP contribution in [0.2, 0.25) is 0 Å². The van der Waals surface area contributed by atoms with Crippen LogP contribution in [0.15, 0.2) is 22.7 Å². The number of aromatic nitrogens is 2. The smallest absolute Gasteiger partial charge is 0.130 e. The third kappa shape index (κ3) is 20.0. The summed E-state index contributed by atoms with van der Waals surface area (Å²) in [5, 5.41) is 7.21. The summed E-state index contributed by atoms with van der Waals surface area (Å²) in [7, 11) is 1.54. The Bertz CT molecular complexity index is 455. The predicted molar refractivity (Wildman–Crippen MR) is 106 cm³/mol. The summed E-state index contributed by atoms with van der Waals surface area (Å²) < 4.78 is 0. The van der Waals surface area contributed by atoms with Crippen LogP contribution in [-0.2, 0) is 9.68 Å². The second-order valence-electron chi connectivity index (χ2n) is 6.37. The van der Waals surface area contributed by atoms with Crippen molar-refractivity contribution in [3.63, 3.8) is 0 Å². The molecular weight excluding hydrogens is 316 g/mol. The number of hydrogen-bond donors (Lipinski definition) is 0. The molecule has 1 rings (SSSR count). The van der Waals surface area contributed by atoms with Crippen LogP contribution in [0, 0.1) is 18.8 Å². The standard InChI is InChI=1S/C8H12N2.C6H13NO.C5H11NO/c1-6(2)8-9-4-7(3)5-10-8;1-4-8-7-5-6(2)3;1-5(2)4-6-7-3/h4-6H,1-3H3;5-6H,4H2,1-3H3;4-5H,1-3H3/b;7-5-;. The first-order valence-corrected chi connectivity index (χ1v) is 8.75. The maximum atomic E-state index is 4.71. The van der Waals surface area contributed by atoms with E-state index < -0.39 is 0 Å². The third-order valence-corrected chi connectivity index (χ3v) is 2.34. The molecule has 0 N–H and O–H groups in total. The Balaban J connectivity index is 0. The average molecular weight is 353 g/mol. The summed E-state index contributed by atoms with van der Waals surface area (Å²) in [5.74, 6) is 2.33. The van der Waals surface area contributed by atoms with Gasteiger partial charge in [-0.2, -0.15) is 0 Å². The van der Waals surface area contributed by atoms with E-state index in [9.17, 15) is 0 Å². The minimum Gasteiger partial charge on any atom is -0.399 e. The molecule has 0 bridgehead atoms. The molecule has 1 aromatic rings. The molecule has 0 radical (unpaired) electrons. The van der Waals surface area contributed by atoms with Gasteiger partial charge in [0.1, 0.15) is 19.5 Å². The highest BCUT2D eigenvalue weighted by atomic mass is 16.6. The molecule has 0 atom stereocenters. The van der Waals surface area contributed by atoms with Crippen molar-refractivity contribution in [3.8, 4) is 0 Å². The van der Waals surface area contributed by atoms with Gasteiger partial charge in [-0.25, -0.2) is 9.97 Å². The first kappa shape index (κ1) is 25.3. The van der Waals surface area contributed by atoms with Gasteiger partial charge in [0.25, 0.3) is 0 Å². The molecule has 6 heteroatoms. The normalized spacial score (nSPS) is 10.7. The van der Waals surface area contributed by atoms with Crippen LogP contribution < -0.4 is 0 Å². The number of nitrogens with zero attached hydrogens (tertiary/aromatic N) is 4. The van der Waals surface area contributed by atoms with Gasteiger partial charge < -0.3 is 9.68 Å². The highest BCUT2D eigenvalue weighted by Crippen LogP contribution is 2.06. The highest BCUT2D eigenvalue weighted by Gasteiger charge is 1.99. The maximum Gasteiger partial charge on any atom is 0.130 e. The van der Waals surface area contributed by atoms with Crippen LogP contribution in [0.5, 0.6) is 0 Å². The van der Waals surface area contributed by atoms with Crippen molar-refractivity contribution in [3.05, 3.63) is 23.8 Å². The molecule has 25 heavy (non-hydrogen) atoms. The lowest BCUT2D eigenvalue weighted by Crippen LogP contribution is -1.95. The SMILES string of the molecule is CCO/N=C\C(C)C.CON=CC(C)C.Cc1cnc(C(C)C)nc1. The number of rotatable bonds is 6. The van der Waals surface area contributed by atoms with E-state index in [2.05, 4.69) is 52.8 Å². The van der Waals surface area contributed by atoms with Crippen molar-refractivity contribution < 1.29 is 9.68 Å². The average Bonchev–Trinajstić information content (AvgIpc) is 2.54. The van der Waals surface area contributed by atoms with E-state index in [0.29, 0.717) is 24.4 Å². The van der Waals surface area contributed by atoms with Crippen LogP contribution in [0.1, 0.15) is 65.8 Å². The molecule has 0 amide bonds. The largest absolute Gasteiger partial charge is 0.399 e. The van der Waals surface area contributed by atoms with Crippen LogP contribution in [0.25, 0.3) is 0 Å². The number of oxime groups is 2. The molecule has 0 aliphatic carbocycles. The van der Waals surface area contributed by atoms with E-state index in [0.717, 1.165) is 11.4 Å². The zero-order valence-corrected chi connectivity index (χ0v) is 17.4. The van der Waals surface area contributed by atoms with E-state index in [1.165, 1.54) is 0 Å². The van der Waals surface area contributed by atoms with Crippen molar-refractivity contribution in [2.75, 3.05) is 13.7 Å². The molecule has 0 aliphatic heterocycles. The molecule has 0 aromatic carbocycles. The van der Waals surface area contributed by atoms with Gasteiger partial charge in [-0.3, -0.25) is 0 Å². The molecule has 144 valence electrons. The van der Waals surface area contributed by atoms with Crippen LogP contribution in [0.4, 0.5) is 0 Å². The molecule has 0 unspecified atom stereocenters. The lowest BCUT2D eigenvalue weighted by Gasteiger charge is -2.00. The quantitative estimate of drug-likeness (QED) is 0.542. The van der Waals surface area contributed by atoms with Gasteiger partial charge >= 0.3 is 0 Å². The van der Waals surface area contributed by atoms with Gasteiger partial charge in [0.2, 0.25) is 0 Å². The first-order valence-electron chi connectivity index (χ1n) is 8.75. The summed E-state index contributed by atoms with van der Waals surface area (Å²) >= 11 is 0. The Morgan fingerprint density at radius 3 is 1.76 bits per heavy atom. The molecule has 0 fully saturated rings. The van der Waals surface area contributed by atoms with E-state index in [4.69, 9.17) is 4.84 Å².